The molecule has 1 N–H and O–H groups in total. The van der Waals surface area contributed by atoms with Gasteiger partial charge in [-0.1, -0.05) is 42.0 Å². The first-order chi connectivity index (χ1) is 16.4. The quantitative estimate of drug-likeness (QED) is 0.393. The van der Waals surface area contributed by atoms with Crippen LogP contribution in [0, 0.1) is 6.92 Å². The Morgan fingerprint density at radius 3 is 2.56 bits per heavy atom. The van der Waals surface area contributed by atoms with E-state index in [9.17, 15) is 18.0 Å². The van der Waals surface area contributed by atoms with Crippen LogP contribution in [0.15, 0.2) is 76.4 Å². The third-order valence-corrected chi connectivity index (χ3v) is 9.38. The Morgan fingerprint density at radius 2 is 1.82 bits per heavy atom. The largest absolute Gasteiger partial charge is 0.361 e. The molecule has 1 aliphatic heterocycles. The summed E-state index contributed by atoms with van der Waals surface area (Å²) in [5.74, 6) is -0.926. The van der Waals surface area contributed by atoms with Crippen molar-refractivity contribution >= 4 is 49.8 Å². The molecule has 1 unspecified atom stereocenters. The Kier molecular flexibility index (Phi) is 5.85. The summed E-state index contributed by atoms with van der Waals surface area (Å²) >= 11 is 1.10. The monoisotopic (exact) mass is 493 g/mol. The number of fused-ring (bicyclic) bond motifs is 1. The molecule has 1 aliphatic rings. The summed E-state index contributed by atoms with van der Waals surface area (Å²) in [6.07, 6.45) is 2.07. The van der Waals surface area contributed by atoms with Gasteiger partial charge in [0.15, 0.2) is 0 Å². The average molecular weight is 494 g/mol. The Hall–Kier alpha value is -3.27. The molecule has 7 nitrogen and oxygen atoms in total. The van der Waals surface area contributed by atoms with Crippen LogP contribution in [0.2, 0.25) is 0 Å². The van der Waals surface area contributed by atoms with Crippen molar-refractivity contribution < 1.29 is 18.0 Å². The molecule has 1 fully saturated rings. The molecule has 0 aliphatic carbocycles. The summed E-state index contributed by atoms with van der Waals surface area (Å²) in [5, 5.41) is 2.69. The van der Waals surface area contributed by atoms with E-state index in [0.29, 0.717) is 12.1 Å². The summed E-state index contributed by atoms with van der Waals surface area (Å²) < 4.78 is 28.5. The number of aromatic nitrogens is 1. The molecule has 1 atom stereocenters. The molecular weight excluding hydrogens is 470 g/mol. The second kappa shape index (κ2) is 8.83. The van der Waals surface area contributed by atoms with Crippen LogP contribution in [0.5, 0.6) is 0 Å². The van der Waals surface area contributed by atoms with Crippen molar-refractivity contribution in [1.29, 1.82) is 0 Å². The Labute approximate surface area is 201 Å². The molecule has 0 spiro atoms. The maximum atomic E-state index is 13.6. The fourth-order valence-electron chi connectivity index (χ4n) is 4.34. The van der Waals surface area contributed by atoms with E-state index in [1.54, 1.807) is 23.6 Å². The number of anilines is 1. The third kappa shape index (κ3) is 3.96. The first-order valence-electron chi connectivity index (χ1n) is 10.9. The zero-order valence-corrected chi connectivity index (χ0v) is 20.1. The van der Waals surface area contributed by atoms with E-state index < -0.39 is 27.9 Å². The minimum Gasteiger partial charge on any atom is -0.361 e. The number of sulfonamides is 1. The molecule has 4 aromatic rings. The molecular formula is C25H23N3O4S2. The van der Waals surface area contributed by atoms with Crippen LogP contribution in [0.1, 0.15) is 17.5 Å². The standard InChI is InChI=1S/C25H23N3O4S2/c1-17-8-10-19(11-9-17)28-23(29)15-22(25(28)30)27(34(31,32)24-7-4-14-33-24)13-12-18-16-26-21-6-3-2-5-20(18)21/h2-11,14,16,22,26H,12-13,15H2,1H3. The average Bonchev–Trinajstić information content (AvgIpc) is 3.56. The van der Waals surface area contributed by atoms with Gasteiger partial charge in [-0.2, -0.15) is 4.31 Å². The zero-order chi connectivity index (χ0) is 23.9. The predicted molar refractivity (Wildman–Crippen MR) is 132 cm³/mol. The molecule has 2 amide bonds. The molecule has 5 rings (SSSR count). The molecule has 3 heterocycles. The fourth-order valence-corrected chi connectivity index (χ4v) is 7.05. The van der Waals surface area contributed by atoms with Gasteiger partial charge in [0.25, 0.3) is 15.9 Å². The highest BCUT2D eigenvalue weighted by molar-refractivity contribution is 7.91. The lowest BCUT2D eigenvalue weighted by atomic mass is 10.1. The lowest BCUT2D eigenvalue weighted by molar-refractivity contribution is -0.122. The third-order valence-electron chi connectivity index (χ3n) is 6.10. The molecule has 9 heteroatoms. The zero-order valence-electron chi connectivity index (χ0n) is 18.5. The number of amides is 2. The number of nitrogens with zero attached hydrogens (tertiary/aromatic N) is 2. The van der Waals surface area contributed by atoms with Crippen LogP contribution in [-0.2, 0) is 26.0 Å². The number of para-hydroxylation sites is 1. The Morgan fingerprint density at radius 1 is 1.06 bits per heavy atom. The van der Waals surface area contributed by atoms with E-state index >= 15 is 0 Å². The van der Waals surface area contributed by atoms with Gasteiger partial charge < -0.3 is 4.98 Å². The van der Waals surface area contributed by atoms with Crippen LogP contribution in [-0.4, -0.2) is 42.1 Å². The van der Waals surface area contributed by atoms with E-state index in [1.165, 1.54) is 10.4 Å². The summed E-state index contributed by atoms with van der Waals surface area (Å²) in [6.45, 7) is 1.99. The molecule has 34 heavy (non-hydrogen) atoms. The Balaban J connectivity index is 1.49. The molecule has 0 saturated carbocycles. The van der Waals surface area contributed by atoms with Crippen molar-refractivity contribution in [3.63, 3.8) is 0 Å². The normalized spacial score (nSPS) is 16.8. The van der Waals surface area contributed by atoms with Crippen molar-refractivity contribution in [2.45, 2.75) is 30.0 Å². The number of thiophene rings is 1. The number of carbonyl (C=O) groups is 2. The lowest BCUT2D eigenvalue weighted by Gasteiger charge is -2.26. The molecule has 0 radical (unpaired) electrons. The number of nitrogens with one attached hydrogen (secondary N) is 1. The number of aryl methyl sites for hydroxylation is 1. The number of hydrogen-bond acceptors (Lipinski definition) is 5. The van der Waals surface area contributed by atoms with Crippen molar-refractivity contribution in [2.24, 2.45) is 0 Å². The first-order valence-corrected chi connectivity index (χ1v) is 13.2. The smallest absolute Gasteiger partial charge is 0.253 e. The molecule has 0 bridgehead atoms. The number of hydrogen-bond donors (Lipinski definition) is 1. The number of aromatic amines is 1. The van der Waals surface area contributed by atoms with Gasteiger partial charge in [0, 0.05) is 23.6 Å². The summed E-state index contributed by atoms with van der Waals surface area (Å²) in [4.78, 5) is 30.6. The predicted octanol–water partition coefficient (Wildman–Crippen LogP) is 4.10. The minimum atomic E-state index is -3.97. The highest BCUT2D eigenvalue weighted by atomic mass is 32.2. The van der Waals surface area contributed by atoms with Gasteiger partial charge in [0.2, 0.25) is 5.91 Å². The van der Waals surface area contributed by atoms with Crippen LogP contribution in [0.4, 0.5) is 5.69 Å². The van der Waals surface area contributed by atoms with Crippen LogP contribution in [0.3, 0.4) is 0 Å². The van der Waals surface area contributed by atoms with Gasteiger partial charge in [-0.3, -0.25) is 9.59 Å². The highest BCUT2D eigenvalue weighted by Crippen LogP contribution is 2.31. The van der Waals surface area contributed by atoms with Gasteiger partial charge in [-0.05, 0) is 48.6 Å². The van der Waals surface area contributed by atoms with Gasteiger partial charge in [0.05, 0.1) is 12.1 Å². The van der Waals surface area contributed by atoms with Crippen molar-refractivity contribution in [1.82, 2.24) is 9.29 Å². The van der Waals surface area contributed by atoms with Crippen molar-refractivity contribution in [3.05, 3.63) is 83.4 Å². The summed E-state index contributed by atoms with van der Waals surface area (Å²) in [7, 11) is -3.97. The topological polar surface area (TPSA) is 90.6 Å². The van der Waals surface area contributed by atoms with E-state index in [2.05, 4.69) is 4.98 Å². The second-order valence-electron chi connectivity index (χ2n) is 8.28. The van der Waals surface area contributed by atoms with Crippen molar-refractivity contribution in [2.75, 3.05) is 11.4 Å². The minimum absolute atomic E-state index is 0.0769. The number of imide groups is 1. The van der Waals surface area contributed by atoms with E-state index in [4.69, 9.17) is 0 Å². The van der Waals surface area contributed by atoms with Gasteiger partial charge >= 0.3 is 0 Å². The Bertz CT molecular complexity index is 1460. The molecule has 1 saturated heterocycles. The van der Waals surface area contributed by atoms with Gasteiger partial charge in [-0.15, -0.1) is 11.3 Å². The highest BCUT2D eigenvalue weighted by Gasteiger charge is 2.47. The van der Waals surface area contributed by atoms with E-state index in [0.717, 1.165) is 38.3 Å². The number of benzene rings is 2. The maximum absolute atomic E-state index is 13.6. The number of H-pyrrole nitrogens is 1. The number of carbonyl (C=O) groups excluding carboxylic acids is 2. The fraction of sp³-hybridized carbons (Fsp3) is 0.200. The lowest BCUT2D eigenvalue weighted by Crippen LogP contribution is -2.46. The second-order valence-corrected chi connectivity index (χ2v) is 11.3. The van der Waals surface area contributed by atoms with Crippen molar-refractivity contribution in [3.8, 4) is 0 Å². The van der Waals surface area contributed by atoms with Gasteiger partial charge in [-0.25, -0.2) is 13.3 Å². The van der Waals surface area contributed by atoms with Crippen LogP contribution < -0.4 is 4.90 Å². The first kappa shape index (κ1) is 22.5. The van der Waals surface area contributed by atoms with Crippen LogP contribution >= 0.6 is 11.3 Å². The van der Waals surface area contributed by atoms with E-state index in [1.807, 2.05) is 49.5 Å². The van der Waals surface area contributed by atoms with Crippen LogP contribution in [0.25, 0.3) is 10.9 Å². The summed E-state index contributed by atoms with van der Waals surface area (Å²) in [5.41, 5.74) is 3.37. The van der Waals surface area contributed by atoms with Gasteiger partial charge in [0.1, 0.15) is 10.3 Å². The molecule has 174 valence electrons. The molecule has 2 aromatic carbocycles. The summed E-state index contributed by atoms with van der Waals surface area (Å²) in [6, 6.07) is 16.9. The maximum Gasteiger partial charge on any atom is 0.253 e. The SMILES string of the molecule is Cc1ccc(N2C(=O)CC(N(CCc3c[nH]c4ccccc34)S(=O)(=O)c3cccs3)C2=O)cc1. The molecule has 2 aromatic heterocycles. The number of rotatable bonds is 7. The van der Waals surface area contributed by atoms with E-state index in [-0.39, 0.29) is 17.2 Å².